The third-order valence-electron chi connectivity index (χ3n) is 6.48. The van der Waals surface area contributed by atoms with E-state index in [1.807, 2.05) is 0 Å². The van der Waals surface area contributed by atoms with E-state index in [0.717, 1.165) is 18.4 Å². The van der Waals surface area contributed by atoms with Crippen LogP contribution in [0.5, 0.6) is 0 Å². The van der Waals surface area contributed by atoms with Gasteiger partial charge in [0.15, 0.2) is 5.12 Å². The van der Waals surface area contributed by atoms with Gasteiger partial charge in [-0.05, 0) is 18.4 Å². The fraction of sp³-hybridized carbons (Fsp3) is 0.935. The third kappa shape index (κ3) is 40.9. The van der Waals surface area contributed by atoms with E-state index in [-0.39, 0.29) is 11.1 Å². The standard InChI is InChI=1S/C29H58O2Si.C2H4OS/c1-4-5-6-7-18-21-24-27-32-31-29(30)26-23-20-17-15-13-11-9-8-10-12-14-16-19-22-25-28(2)3;1-2(3)4/h28H,4-27H2,1-3H3;1H3,(H,3,4). The molecule has 214 valence electrons. The molecule has 3 nitrogen and oxygen atoms in total. The van der Waals surface area contributed by atoms with E-state index in [2.05, 4.69) is 33.4 Å². The average molecular weight is 543 g/mol. The van der Waals surface area contributed by atoms with Crippen molar-refractivity contribution < 1.29 is 14.0 Å². The van der Waals surface area contributed by atoms with Crippen LogP contribution in [0.4, 0.5) is 0 Å². The molecule has 5 heteroatoms. The van der Waals surface area contributed by atoms with Crippen LogP contribution in [-0.2, 0) is 14.0 Å². The molecule has 0 heterocycles. The Morgan fingerprint density at radius 3 is 1.42 bits per heavy atom. The van der Waals surface area contributed by atoms with Crippen molar-refractivity contribution in [2.75, 3.05) is 0 Å². The van der Waals surface area contributed by atoms with Crippen LogP contribution in [0.25, 0.3) is 0 Å². The maximum absolute atomic E-state index is 11.8. The summed E-state index contributed by atoms with van der Waals surface area (Å²) < 4.78 is 5.40. The van der Waals surface area contributed by atoms with Gasteiger partial charge in [-0.2, -0.15) is 0 Å². The Labute approximate surface area is 234 Å². The lowest BCUT2D eigenvalue weighted by Gasteiger charge is -2.05. The Bertz CT molecular complexity index is 453. The summed E-state index contributed by atoms with van der Waals surface area (Å²) >= 11 is 3.33. The van der Waals surface area contributed by atoms with E-state index in [4.69, 9.17) is 4.43 Å². The van der Waals surface area contributed by atoms with Crippen LogP contribution in [0.3, 0.4) is 0 Å². The van der Waals surface area contributed by atoms with Crippen molar-refractivity contribution in [2.24, 2.45) is 5.92 Å². The summed E-state index contributed by atoms with van der Waals surface area (Å²) in [5, 5.41) is -0.139. The fourth-order valence-electron chi connectivity index (χ4n) is 4.28. The molecule has 0 fully saturated rings. The first-order valence-electron chi connectivity index (χ1n) is 15.5. The number of thiol groups is 1. The number of carbonyl (C=O) groups is 2. The van der Waals surface area contributed by atoms with Crippen molar-refractivity contribution in [3.8, 4) is 0 Å². The predicted molar refractivity (Wildman–Crippen MR) is 163 cm³/mol. The summed E-state index contributed by atoms with van der Waals surface area (Å²) in [6.45, 7) is 8.31. The van der Waals surface area contributed by atoms with Gasteiger partial charge >= 0.3 is 9.76 Å². The zero-order chi connectivity index (χ0) is 27.1. The van der Waals surface area contributed by atoms with E-state index in [9.17, 15) is 9.59 Å². The summed E-state index contributed by atoms with van der Waals surface area (Å²) in [5.74, 6) is 0.910. The second-order valence-corrected chi connectivity index (χ2v) is 12.5. The Morgan fingerprint density at radius 1 is 0.639 bits per heavy atom. The summed E-state index contributed by atoms with van der Waals surface area (Å²) in [5.41, 5.74) is 0. The van der Waals surface area contributed by atoms with E-state index in [0.29, 0.717) is 16.2 Å². The minimum absolute atomic E-state index is 0.0335. The van der Waals surface area contributed by atoms with Gasteiger partial charge in [-0.15, -0.1) is 12.6 Å². The highest BCUT2D eigenvalue weighted by Crippen LogP contribution is 2.15. The minimum Gasteiger partial charge on any atom is -0.516 e. The highest BCUT2D eigenvalue weighted by atomic mass is 32.1. The van der Waals surface area contributed by atoms with Crippen molar-refractivity contribution >= 4 is 33.5 Å². The molecule has 0 atom stereocenters. The van der Waals surface area contributed by atoms with Crippen LogP contribution in [-0.4, -0.2) is 20.8 Å². The van der Waals surface area contributed by atoms with Gasteiger partial charge in [-0.3, -0.25) is 9.59 Å². The lowest BCUT2D eigenvalue weighted by atomic mass is 10.0. The van der Waals surface area contributed by atoms with Gasteiger partial charge in [-0.1, -0.05) is 156 Å². The van der Waals surface area contributed by atoms with Crippen LogP contribution in [0, 0.1) is 5.92 Å². The molecule has 0 spiro atoms. The molecule has 0 aromatic rings. The lowest BCUT2D eigenvalue weighted by molar-refractivity contribution is -0.134. The minimum atomic E-state index is -0.139. The van der Waals surface area contributed by atoms with Crippen molar-refractivity contribution in [2.45, 2.75) is 181 Å². The van der Waals surface area contributed by atoms with Crippen molar-refractivity contribution in [1.82, 2.24) is 0 Å². The molecule has 0 amide bonds. The van der Waals surface area contributed by atoms with Gasteiger partial charge in [-0.25, -0.2) is 0 Å². The molecule has 0 aliphatic heterocycles. The molecular weight excluding hydrogens is 480 g/mol. The average Bonchev–Trinajstić information content (AvgIpc) is 2.82. The molecule has 0 unspecified atom stereocenters. The van der Waals surface area contributed by atoms with Gasteiger partial charge < -0.3 is 4.43 Å². The van der Waals surface area contributed by atoms with Crippen LogP contribution in [0.2, 0.25) is 6.04 Å². The quantitative estimate of drug-likeness (QED) is 0.0671. The molecule has 2 radical (unpaired) electrons. The Balaban J connectivity index is 0. The highest BCUT2D eigenvalue weighted by Gasteiger charge is 2.04. The molecule has 36 heavy (non-hydrogen) atoms. The van der Waals surface area contributed by atoms with Gasteiger partial charge in [0.05, 0.1) is 0 Å². The van der Waals surface area contributed by atoms with Crippen LogP contribution in [0.1, 0.15) is 175 Å². The molecule has 0 aliphatic carbocycles. The molecular formula is C31H62O3SSi. The Morgan fingerprint density at radius 2 is 1.00 bits per heavy atom. The second-order valence-electron chi connectivity index (χ2n) is 10.9. The van der Waals surface area contributed by atoms with Crippen LogP contribution in [0.15, 0.2) is 0 Å². The Hall–Kier alpha value is -0.293. The maximum atomic E-state index is 11.8. The fourth-order valence-corrected chi connectivity index (χ4v) is 5.04. The van der Waals surface area contributed by atoms with Gasteiger partial charge in [0.2, 0.25) is 0 Å². The number of rotatable bonds is 26. The molecule has 0 saturated carbocycles. The molecule has 0 rings (SSSR count). The molecule has 0 bridgehead atoms. The topological polar surface area (TPSA) is 43.4 Å². The molecule has 0 aromatic carbocycles. The van der Waals surface area contributed by atoms with E-state index in [1.165, 1.54) is 142 Å². The summed E-state index contributed by atoms with van der Waals surface area (Å²) in [6, 6.07) is 1.07. The molecule has 0 N–H and O–H groups in total. The van der Waals surface area contributed by atoms with E-state index >= 15 is 0 Å². The lowest BCUT2D eigenvalue weighted by Crippen LogP contribution is -2.08. The first-order chi connectivity index (χ1) is 17.4. The molecule has 0 aromatic heterocycles. The van der Waals surface area contributed by atoms with E-state index in [1.54, 1.807) is 0 Å². The van der Waals surface area contributed by atoms with Crippen LogP contribution >= 0.6 is 12.6 Å². The summed E-state index contributed by atoms with van der Waals surface area (Å²) in [6.07, 6.45) is 30.4. The first-order valence-corrected chi connectivity index (χ1v) is 17.1. The van der Waals surface area contributed by atoms with Crippen molar-refractivity contribution in [1.29, 1.82) is 0 Å². The molecule has 0 saturated heterocycles. The van der Waals surface area contributed by atoms with Crippen molar-refractivity contribution in [3.05, 3.63) is 0 Å². The first kappa shape index (κ1) is 37.9. The monoisotopic (exact) mass is 542 g/mol. The Kier molecular flexibility index (Phi) is 34.4. The van der Waals surface area contributed by atoms with Crippen LogP contribution < -0.4 is 0 Å². The highest BCUT2D eigenvalue weighted by molar-refractivity contribution is 7.96. The van der Waals surface area contributed by atoms with Gasteiger partial charge in [0.1, 0.15) is 0 Å². The summed E-state index contributed by atoms with van der Waals surface area (Å²) in [4.78, 5) is 21.1. The number of hydrogen-bond donors (Lipinski definition) is 1. The predicted octanol–water partition coefficient (Wildman–Crippen LogP) is 10.7. The normalized spacial score (nSPS) is 10.8. The summed E-state index contributed by atoms with van der Waals surface area (Å²) in [7, 11) is 0.385. The zero-order valence-corrected chi connectivity index (χ0v) is 26.6. The largest absolute Gasteiger partial charge is 0.516 e. The van der Waals surface area contributed by atoms with Gasteiger partial charge in [0.25, 0.3) is 5.97 Å². The second kappa shape index (κ2) is 32.7. The number of hydrogen-bond acceptors (Lipinski definition) is 3. The number of unbranched alkanes of at least 4 members (excludes halogenated alkanes) is 19. The SMILES string of the molecule is CC(=O)S.CCCCCCCCC[Si]OC(=O)CCCCCCCCCCCCCCCCC(C)C. The smallest absolute Gasteiger partial charge is 0.314 e. The maximum Gasteiger partial charge on any atom is 0.314 e. The van der Waals surface area contributed by atoms with E-state index < -0.39 is 0 Å². The number of carbonyl (C=O) groups excluding carboxylic acids is 2. The zero-order valence-electron chi connectivity index (χ0n) is 24.7. The van der Waals surface area contributed by atoms with Gasteiger partial charge in [0, 0.05) is 13.3 Å². The van der Waals surface area contributed by atoms with Crippen molar-refractivity contribution in [3.63, 3.8) is 0 Å². The third-order valence-corrected chi connectivity index (χ3v) is 7.41. The molecule has 0 aliphatic rings.